The van der Waals surface area contributed by atoms with Crippen molar-refractivity contribution >= 4 is 5.97 Å². The molecule has 1 fully saturated rings. The summed E-state index contributed by atoms with van der Waals surface area (Å²) < 4.78 is 5.85. The second kappa shape index (κ2) is 6.05. The van der Waals surface area contributed by atoms with Gasteiger partial charge in [0, 0.05) is 12.1 Å². The highest BCUT2D eigenvalue weighted by atomic mass is 16.5. The standard InChI is InChI=1S/C19H27NO4/c1-18(2,3)12-5-6-13-15(9-12)24-10-14(16(13)21)20-11-19(17(22)23)7-4-8-19/h5-6,9,14,16,20-21H,4,7-8,10-11H2,1-3H3,(H,22,23)/t14-,16+/m1/s1. The van der Waals surface area contributed by atoms with E-state index in [9.17, 15) is 15.0 Å². The van der Waals surface area contributed by atoms with Crippen molar-refractivity contribution in [1.82, 2.24) is 5.32 Å². The molecule has 1 heterocycles. The van der Waals surface area contributed by atoms with E-state index < -0.39 is 17.5 Å². The Morgan fingerprint density at radius 1 is 1.38 bits per heavy atom. The maximum absolute atomic E-state index is 11.5. The van der Waals surface area contributed by atoms with Crippen LogP contribution in [0.5, 0.6) is 5.75 Å². The number of benzene rings is 1. The molecular weight excluding hydrogens is 306 g/mol. The lowest BCUT2D eigenvalue weighted by atomic mass is 9.68. The number of fused-ring (bicyclic) bond motifs is 1. The van der Waals surface area contributed by atoms with Crippen molar-refractivity contribution in [2.45, 2.75) is 57.6 Å². The molecule has 3 rings (SSSR count). The van der Waals surface area contributed by atoms with E-state index in [4.69, 9.17) is 4.74 Å². The van der Waals surface area contributed by atoms with E-state index in [1.165, 1.54) is 5.56 Å². The highest BCUT2D eigenvalue weighted by molar-refractivity contribution is 5.76. The predicted octanol–water partition coefficient (Wildman–Crippen LogP) is 2.62. The molecule has 24 heavy (non-hydrogen) atoms. The summed E-state index contributed by atoms with van der Waals surface area (Å²) in [5, 5.41) is 23.3. The van der Waals surface area contributed by atoms with E-state index in [1.54, 1.807) is 0 Å². The number of aliphatic hydroxyl groups is 1. The Morgan fingerprint density at radius 2 is 2.08 bits per heavy atom. The van der Waals surface area contributed by atoms with Gasteiger partial charge in [-0.2, -0.15) is 0 Å². The van der Waals surface area contributed by atoms with Crippen LogP contribution in [0.4, 0.5) is 0 Å². The first-order chi connectivity index (χ1) is 11.2. The van der Waals surface area contributed by atoms with Gasteiger partial charge in [-0.05, 0) is 29.9 Å². The third-order valence-corrected chi connectivity index (χ3v) is 5.46. The van der Waals surface area contributed by atoms with Crippen LogP contribution in [0, 0.1) is 5.41 Å². The van der Waals surface area contributed by atoms with Crippen LogP contribution in [0.2, 0.25) is 0 Å². The van der Waals surface area contributed by atoms with Crippen LogP contribution >= 0.6 is 0 Å². The molecule has 0 amide bonds. The van der Waals surface area contributed by atoms with Gasteiger partial charge in [0.25, 0.3) is 0 Å². The van der Waals surface area contributed by atoms with Gasteiger partial charge in [-0.25, -0.2) is 0 Å². The zero-order valence-corrected chi connectivity index (χ0v) is 14.6. The van der Waals surface area contributed by atoms with Gasteiger partial charge in [0.1, 0.15) is 18.5 Å². The molecule has 0 saturated heterocycles. The van der Waals surface area contributed by atoms with Gasteiger partial charge in [0.2, 0.25) is 0 Å². The Balaban J connectivity index is 1.71. The topological polar surface area (TPSA) is 78.8 Å². The third kappa shape index (κ3) is 3.03. The molecule has 1 aromatic rings. The molecule has 0 bridgehead atoms. The van der Waals surface area contributed by atoms with Crippen molar-refractivity contribution in [3.63, 3.8) is 0 Å². The van der Waals surface area contributed by atoms with Crippen LogP contribution in [0.25, 0.3) is 0 Å². The Labute approximate surface area is 143 Å². The molecule has 2 aliphatic rings. The number of aliphatic carboxylic acids is 1. The third-order valence-electron chi connectivity index (χ3n) is 5.46. The van der Waals surface area contributed by atoms with Crippen molar-refractivity contribution in [1.29, 1.82) is 0 Å². The van der Waals surface area contributed by atoms with Crippen molar-refractivity contribution in [3.8, 4) is 5.75 Å². The molecule has 0 radical (unpaired) electrons. The first-order valence-electron chi connectivity index (χ1n) is 8.65. The van der Waals surface area contributed by atoms with Gasteiger partial charge in [-0.1, -0.05) is 39.3 Å². The molecule has 0 spiro atoms. The zero-order chi connectivity index (χ0) is 17.5. The van der Waals surface area contributed by atoms with Crippen molar-refractivity contribution < 1.29 is 19.7 Å². The molecule has 3 N–H and O–H groups in total. The summed E-state index contributed by atoms with van der Waals surface area (Å²) in [4.78, 5) is 11.5. The van der Waals surface area contributed by atoms with Crippen molar-refractivity contribution in [2.75, 3.05) is 13.2 Å². The van der Waals surface area contributed by atoms with Crippen LogP contribution in [0.15, 0.2) is 18.2 Å². The van der Waals surface area contributed by atoms with E-state index in [2.05, 4.69) is 26.1 Å². The van der Waals surface area contributed by atoms with E-state index in [0.717, 1.165) is 17.7 Å². The van der Waals surface area contributed by atoms with Crippen molar-refractivity contribution in [3.05, 3.63) is 29.3 Å². The molecular formula is C19H27NO4. The quantitative estimate of drug-likeness (QED) is 0.789. The second-order valence-corrected chi connectivity index (χ2v) is 8.18. The van der Waals surface area contributed by atoms with Crippen LogP contribution in [-0.2, 0) is 10.2 Å². The van der Waals surface area contributed by atoms with E-state index in [-0.39, 0.29) is 11.5 Å². The molecule has 132 valence electrons. The fraction of sp³-hybridized carbons (Fsp3) is 0.632. The number of hydrogen-bond donors (Lipinski definition) is 3. The van der Waals surface area contributed by atoms with E-state index >= 15 is 0 Å². The first kappa shape index (κ1) is 17.2. The smallest absolute Gasteiger partial charge is 0.310 e. The summed E-state index contributed by atoms with van der Waals surface area (Å²) in [7, 11) is 0. The Morgan fingerprint density at radius 3 is 2.62 bits per heavy atom. The number of carboxylic acids is 1. The number of carboxylic acid groups (broad SMARTS) is 1. The molecule has 5 nitrogen and oxygen atoms in total. The van der Waals surface area contributed by atoms with Crippen LogP contribution in [-0.4, -0.2) is 35.4 Å². The predicted molar refractivity (Wildman–Crippen MR) is 91.3 cm³/mol. The van der Waals surface area contributed by atoms with Gasteiger partial charge < -0.3 is 20.3 Å². The van der Waals surface area contributed by atoms with Crippen LogP contribution in [0.3, 0.4) is 0 Å². The summed E-state index contributed by atoms with van der Waals surface area (Å²) >= 11 is 0. The van der Waals surface area contributed by atoms with E-state index in [0.29, 0.717) is 26.0 Å². The fourth-order valence-corrected chi connectivity index (χ4v) is 3.42. The van der Waals surface area contributed by atoms with Gasteiger partial charge in [-0.3, -0.25) is 4.79 Å². The van der Waals surface area contributed by atoms with E-state index in [1.807, 2.05) is 18.2 Å². The average molecular weight is 333 g/mol. The molecule has 5 heteroatoms. The van der Waals surface area contributed by atoms with Crippen molar-refractivity contribution in [2.24, 2.45) is 5.41 Å². The molecule has 1 aromatic carbocycles. The summed E-state index contributed by atoms with van der Waals surface area (Å²) in [6.07, 6.45) is 1.67. The Kier molecular flexibility index (Phi) is 4.34. The summed E-state index contributed by atoms with van der Waals surface area (Å²) in [5.41, 5.74) is 1.29. The Bertz CT molecular complexity index is 631. The number of carbonyl (C=O) groups is 1. The molecule has 0 unspecified atom stereocenters. The number of rotatable bonds is 4. The van der Waals surface area contributed by atoms with Crippen LogP contribution < -0.4 is 10.1 Å². The largest absolute Gasteiger partial charge is 0.491 e. The highest BCUT2D eigenvalue weighted by Gasteiger charge is 2.45. The van der Waals surface area contributed by atoms with Gasteiger partial charge in [0.15, 0.2) is 0 Å². The number of nitrogens with one attached hydrogen (secondary N) is 1. The molecule has 1 aliphatic heterocycles. The number of ether oxygens (including phenoxy) is 1. The molecule has 2 atom stereocenters. The molecule has 1 saturated carbocycles. The maximum atomic E-state index is 11.5. The fourth-order valence-electron chi connectivity index (χ4n) is 3.42. The van der Waals surface area contributed by atoms with Gasteiger partial charge in [0.05, 0.1) is 11.5 Å². The second-order valence-electron chi connectivity index (χ2n) is 8.18. The van der Waals surface area contributed by atoms with Gasteiger partial charge in [-0.15, -0.1) is 0 Å². The van der Waals surface area contributed by atoms with Gasteiger partial charge >= 0.3 is 5.97 Å². The minimum absolute atomic E-state index is 0.0243. The lowest BCUT2D eigenvalue weighted by Crippen LogP contribution is -2.52. The highest BCUT2D eigenvalue weighted by Crippen LogP contribution is 2.41. The van der Waals surface area contributed by atoms with Crippen LogP contribution in [0.1, 0.15) is 57.3 Å². The summed E-state index contributed by atoms with van der Waals surface area (Å²) in [5.74, 6) is -0.0211. The number of hydrogen-bond acceptors (Lipinski definition) is 4. The lowest BCUT2D eigenvalue weighted by molar-refractivity contribution is -0.154. The Hall–Kier alpha value is -1.59. The lowest BCUT2D eigenvalue weighted by Gasteiger charge is -2.40. The summed E-state index contributed by atoms with van der Waals surface area (Å²) in [6.45, 7) is 7.15. The maximum Gasteiger partial charge on any atom is 0.310 e. The first-order valence-corrected chi connectivity index (χ1v) is 8.65. The molecule has 0 aromatic heterocycles. The molecule has 1 aliphatic carbocycles. The zero-order valence-electron chi connectivity index (χ0n) is 14.6. The monoisotopic (exact) mass is 333 g/mol. The normalized spacial score (nSPS) is 25.3. The minimum atomic E-state index is -0.748. The SMILES string of the molecule is CC(C)(C)c1ccc2c(c1)OC[C@@H](NCC1(C(=O)O)CCC1)[C@H]2O. The number of aliphatic hydroxyl groups excluding tert-OH is 1. The average Bonchev–Trinajstić information content (AvgIpc) is 2.46. The summed E-state index contributed by atoms with van der Waals surface area (Å²) in [6, 6.07) is 5.66. The minimum Gasteiger partial charge on any atom is -0.491 e.